The van der Waals surface area contributed by atoms with Crippen LogP contribution in [-0.2, 0) is 4.79 Å². The second-order valence-electron chi connectivity index (χ2n) is 3.73. The summed E-state index contributed by atoms with van der Waals surface area (Å²) in [6.45, 7) is 3.82. The van der Waals surface area contributed by atoms with E-state index in [4.69, 9.17) is 5.11 Å². The highest BCUT2D eigenvalue weighted by molar-refractivity contribution is 5.65. The molecule has 2 N–H and O–H groups in total. The first-order chi connectivity index (χ1) is 7.61. The van der Waals surface area contributed by atoms with Crippen LogP contribution in [0.4, 0.5) is 0 Å². The van der Waals surface area contributed by atoms with Crippen LogP contribution in [0.3, 0.4) is 0 Å². The summed E-state index contributed by atoms with van der Waals surface area (Å²) in [5.74, 6) is 0.00634. The van der Waals surface area contributed by atoms with E-state index in [-0.39, 0.29) is 12.5 Å². The standard InChI is InChI=1S/C13H20O3/c1-11(6-4-3-5-8-14)10-12(2)13(16)7-9-15/h3-6,8,10,12-13,15-16H,7,9H2,1-2H3/b5-3+,6-4+,11-10+/t12-,13-/m0/s1. The Balaban J connectivity index is 4.24. The van der Waals surface area contributed by atoms with Crippen LogP contribution in [0.2, 0.25) is 0 Å². The zero-order valence-electron chi connectivity index (χ0n) is 9.84. The quantitative estimate of drug-likeness (QED) is 0.392. The average molecular weight is 224 g/mol. The molecule has 90 valence electrons. The minimum Gasteiger partial charge on any atom is -0.396 e. The van der Waals surface area contributed by atoms with Crippen molar-refractivity contribution in [3.63, 3.8) is 0 Å². The molecule has 0 aromatic heterocycles. The molecule has 0 amide bonds. The van der Waals surface area contributed by atoms with Crippen molar-refractivity contribution in [1.29, 1.82) is 0 Å². The van der Waals surface area contributed by atoms with Crippen molar-refractivity contribution in [3.05, 3.63) is 36.0 Å². The number of hydrogen-bond donors (Lipinski definition) is 2. The minimum atomic E-state index is -0.515. The molecule has 0 fully saturated rings. The number of rotatable bonds is 7. The topological polar surface area (TPSA) is 57.5 Å². The predicted octanol–water partition coefficient (Wildman–Crippen LogP) is 1.62. The van der Waals surface area contributed by atoms with E-state index in [0.717, 1.165) is 11.9 Å². The number of allylic oxidation sites excluding steroid dienone is 5. The van der Waals surface area contributed by atoms with Gasteiger partial charge >= 0.3 is 0 Å². The normalized spacial score (nSPS) is 16.9. The van der Waals surface area contributed by atoms with Gasteiger partial charge in [-0.25, -0.2) is 0 Å². The van der Waals surface area contributed by atoms with Crippen LogP contribution < -0.4 is 0 Å². The first kappa shape index (κ1) is 14.8. The fourth-order valence-electron chi connectivity index (χ4n) is 1.29. The van der Waals surface area contributed by atoms with Crippen molar-refractivity contribution in [2.45, 2.75) is 26.4 Å². The van der Waals surface area contributed by atoms with Gasteiger partial charge in [0.2, 0.25) is 0 Å². The predicted molar refractivity (Wildman–Crippen MR) is 65.0 cm³/mol. The van der Waals surface area contributed by atoms with Gasteiger partial charge in [0, 0.05) is 12.5 Å². The van der Waals surface area contributed by atoms with Crippen LogP contribution in [0.25, 0.3) is 0 Å². The summed E-state index contributed by atoms with van der Waals surface area (Å²) in [7, 11) is 0. The molecule has 0 aliphatic heterocycles. The minimum absolute atomic E-state index is 0.00366. The molecule has 0 saturated carbocycles. The summed E-state index contributed by atoms with van der Waals surface area (Å²) in [6, 6.07) is 0. The summed E-state index contributed by atoms with van der Waals surface area (Å²) in [4.78, 5) is 10.00. The lowest BCUT2D eigenvalue weighted by Gasteiger charge is -2.14. The van der Waals surface area contributed by atoms with E-state index in [1.54, 1.807) is 12.2 Å². The molecular formula is C13H20O3. The first-order valence-electron chi connectivity index (χ1n) is 5.37. The Hall–Kier alpha value is -1.19. The van der Waals surface area contributed by atoms with Gasteiger partial charge in [0.25, 0.3) is 0 Å². The molecule has 3 heteroatoms. The van der Waals surface area contributed by atoms with Crippen LogP contribution in [0.5, 0.6) is 0 Å². The van der Waals surface area contributed by atoms with Crippen molar-refractivity contribution in [1.82, 2.24) is 0 Å². The summed E-state index contributed by atoms with van der Waals surface area (Å²) in [5, 5.41) is 18.3. The number of aliphatic hydroxyl groups excluding tert-OH is 2. The van der Waals surface area contributed by atoms with E-state index in [1.807, 2.05) is 26.0 Å². The van der Waals surface area contributed by atoms with Crippen molar-refractivity contribution >= 4 is 6.29 Å². The molecule has 0 aromatic carbocycles. The maximum Gasteiger partial charge on any atom is 0.142 e. The summed E-state index contributed by atoms with van der Waals surface area (Å²) in [5.41, 5.74) is 1.01. The lowest BCUT2D eigenvalue weighted by molar-refractivity contribution is -0.104. The fourth-order valence-corrected chi connectivity index (χ4v) is 1.29. The molecule has 2 atom stereocenters. The van der Waals surface area contributed by atoms with Gasteiger partial charge in [-0.15, -0.1) is 0 Å². The van der Waals surface area contributed by atoms with E-state index >= 15 is 0 Å². The highest BCUT2D eigenvalue weighted by atomic mass is 16.3. The highest BCUT2D eigenvalue weighted by Crippen LogP contribution is 2.11. The van der Waals surface area contributed by atoms with Gasteiger partial charge < -0.3 is 10.2 Å². The zero-order valence-corrected chi connectivity index (χ0v) is 9.84. The van der Waals surface area contributed by atoms with E-state index in [1.165, 1.54) is 6.08 Å². The molecule has 0 bridgehead atoms. The Morgan fingerprint density at radius 1 is 1.31 bits per heavy atom. The summed E-state index contributed by atoms with van der Waals surface area (Å²) >= 11 is 0. The molecule has 0 aliphatic rings. The number of aliphatic hydroxyl groups is 2. The number of hydrogen-bond acceptors (Lipinski definition) is 3. The second kappa shape index (κ2) is 9.07. The maximum absolute atomic E-state index is 10.00. The van der Waals surface area contributed by atoms with Gasteiger partial charge in [0.05, 0.1) is 6.10 Å². The van der Waals surface area contributed by atoms with Crippen molar-refractivity contribution in [2.24, 2.45) is 5.92 Å². The first-order valence-corrected chi connectivity index (χ1v) is 5.37. The third kappa shape index (κ3) is 7.15. The lowest BCUT2D eigenvalue weighted by Crippen LogP contribution is -2.17. The molecule has 0 aromatic rings. The molecule has 16 heavy (non-hydrogen) atoms. The molecule has 0 saturated heterocycles. The van der Waals surface area contributed by atoms with E-state index < -0.39 is 6.10 Å². The number of carbonyl (C=O) groups is 1. The van der Waals surface area contributed by atoms with Gasteiger partial charge in [-0.1, -0.05) is 36.8 Å². The van der Waals surface area contributed by atoms with Gasteiger partial charge in [-0.05, 0) is 19.4 Å². The highest BCUT2D eigenvalue weighted by Gasteiger charge is 2.10. The maximum atomic E-state index is 10.00. The molecular weight excluding hydrogens is 204 g/mol. The van der Waals surface area contributed by atoms with E-state index in [2.05, 4.69) is 0 Å². The van der Waals surface area contributed by atoms with Crippen molar-refractivity contribution in [2.75, 3.05) is 6.61 Å². The number of carbonyl (C=O) groups excluding carboxylic acids is 1. The number of aldehydes is 1. The van der Waals surface area contributed by atoms with Crippen LogP contribution in [0, 0.1) is 5.92 Å². The molecule has 0 aliphatic carbocycles. The van der Waals surface area contributed by atoms with Gasteiger partial charge in [0.15, 0.2) is 0 Å². The molecule has 3 nitrogen and oxygen atoms in total. The zero-order chi connectivity index (χ0) is 12.4. The summed E-state index contributed by atoms with van der Waals surface area (Å²) in [6.07, 6.45) is 9.22. The van der Waals surface area contributed by atoms with E-state index in [0.29, 0.717) is 6.42 Å². The van der Waals surface area contributed by atoms with Crippen LogP contribution in [-0.4, -0.2) is 29.2 Å². The summed E-state index contributed by atoms with van der Waals surface area (Å²) < 4.78 is 0. The third-order valence-electron chi connectivity index (χ3n) is 2.22. The fraction of sp³-hybridized carbons (Fsp3) is 0.462. The molecule has 0 unspecified atom stereocenters. The Bertz CT molecular complexity index is 277. The molecule has 0 rings (SSSR count). The average Bonchev–Trinajstić information content (AvgIpc) is 2.24. The Morgan fingerprint density at radius 3 is 2.56 bits per heavy atom. The van der Waals surface area contributed by atoms with Crippen molar-refractivity contribution in [3.8, 4) is 0 Å². The van der Waals surface area contributed by atoms with Crippen LogP contribution >= 0.6 is 0 Å². The molecule has 0 heterocycles. The SMILES string of the molecule is CC(/C=C/C=C/C=O)=C\[C@H](C)[C@@H](O)CCO. The van der Waals surface area contributed by atoms with Gasteiger partial charge in [0.1, 0.15) is 6.29 Å². The Labute approximate surface area is 96.8 Å². The largest absolute Gasteiger partial charge is 0.396 e. The van der Waals surface area contributed by atoms with Crippen LogP contribution in [0.15, 0.2) is 36.0 Å². The monoisotopic (exact) mass is 224 g/mol. The Kier molecular flexibility index (Phi) is 8.39. The molecule has 0 radical (unpaired) electrons. The molecule has 0 spiro atoms. The van der Waals surface area contributed by atoms with Crippen molar-refractivity contribution < 1.29 is 15.0 Å². The Morgan fingerprint density at radius 2 is 2.00 bits per heavy atom. The lowest BCUT2D eigenvalue weighted by atomic mass is 9.99. The second-order valence-corrected chi connectivity index (χ2v) is 3.73. The van der Waals surface area contributed by atoms with Gasteiger partial charge in [-0.3, -0.25) is 4.79 Å². The third-order valence-corrected chi connectivity index (χ3v) is 2.22. The van der Waals surface area contributed by atoms with E-state index in [9.17, 15) is 9.90 Å². The van der Waals surface area contributed by atoms with Gasteiger partial charge in [-0.2, -0.15) is 0 Å². The van der Waals surface area contributed by atoms with Crippen LogP contribution in [0.1, 0.15) is 20.3 Å². The smallest absolute Gasteiger partial charge is 0.142 e.